The Hall–Kier alpha value is -2.09. The summed E-state index contributed by atoms with van der Waals surface area (Å²) in [5.41, 5.74) is 3.98. The zero-order valence-corrected chi connectivity index (χ0v) is 9.68. The summed E-state index contributed by atoms with van der Waals surface area (Å²) in [6.07, 6.45) is 3.93. The second-order valence-corrected chi connectivity index (χ2v) is 4.43. The lowest BCUT2D eigenvalue weighted by Crippen LogP contribution is -1.94. The number of allylic oxidation sites excluding steroid dienone is 1. The van der Waals surface area contributed by atoms with Gasteiger partial charge >= 0.3 is 0 Å². The SMILES string of the molecule is Cc1ccc(C=C2Cn3cccc3C2=O)cc1. The topological polar surface area (TPSA) is 22.0 Å². The molecule has 0 saturated heterocycles. The Morgan fingerprint density at radius 2 is 1.94 bits per heavy atom. The van der Waals surface area contributed by atoms with Gasteiger partial charge in [0.1, 0.15) is 0 Å². The first-order chi connectivity index (χ1) is 8.24. The summed E-state index contributed by atoms with van der Waals surface area (Å²) < 4.78 is 1.99. The molecule has 1 aliphatic rings. The molecule has 0 radical (unpaired) electrons. The minimum absolute atomic E-state index is 0.149. The van der Waals surface area contributed by atoms with Crippen LogP contribution in [0.5, 0.6) is 0 Å². The molecule has 0 bridgehead atoms. The highest BCUT2D eigenvalue weighted by Crippen LogP contribution is 2.22. The second-order valence-electron chi connectivity index (χ2n) is 4.43. The van der Waals surface area contributed by atoms with Gasteiger partial charge < -0.3 is 4.57 Å². The van der Waals surface area contributed by atoms with Crippen molar-refractivity contribution in [2.45, 2.75) is 13.5 Å². The molecule has 0 spiro atoms. The van der Waals surface area contributed by atoms with E-state index in [9.17, 15) is 4.79 Å². The van der Waals surface area contributed by atoms with Crippen molar-refractivity contribution in [3.63, 3.8) is 0 Å². The molecular formula is C15H13NO. The summed E-state index contributed by atoms with van der Waals surface area (Å²) in [7, 11) is 0. The van der Waals surface area contributed by atoms with Crippen molar-refractivity contribution in [1.29, 1.82) is 0 Å². The smallest absolute Gasteiger partial charge is 0.207 e. The monoisotopic (exact) mass is 223 g/mol. The minimum Gasteiger partial charge on any atom is -0.340 e. The van der Waals surface area contributed by atoms with Crippen LogP contribution in [0.25, 0.3) is 6.08 Å². The predicted octanol–water partition coefficient (Wildman–Crippen LogP) is 3.08. The van der Waals surface area contributed by atoms with Crippen molar-refractivity contribution in [2.24, 2.45) is 0 Å². The third-order valence-corrected chi connectivity index (χ3v) is 3.11. The van der Waals surface area contributed by atoms with Gasteiger partial charge in [-0.25, -0.2) is 0 Å². The van der Waals surface area contributed by atoms with E-state index in [2.05, 4.69) is 19.1 Å². The molecule has 0 aliphatic carbocycles. The van der Waals surface area contributed by atoms with E-state index in [1.54, 1.807) is 0 Å². The van der Waals surface area contributed by atoms with Crippen LogP contribution >= 0.6 is 0 Å². The molecule has 84 valence electrons. The van der Waals surface area contributed by atoms with Gasteiger partial charge in [0.25, 0.3) is 0 Å². The van der Waals surface area contributed by atoms with Gasteiger partial charge in [-0.15, -0.1) is 0 Å². The number of fused-ring (bicyclic) bond motifs is 1. The number of Topliss-reactive ketones (excluding diaryl/α,β-unsaturated/α-hetero) is 1. The molecule has 1 aromatic carbocycles. The van der Waals surface area contributed by atoms with E-state index >= 15 is 0 Å². The van der Waals surface area contributed by atoms with Crippen LogP contribution < -0.4 is 0 Å². The number of carbonyl (C=O) groups excluding carboxylic acids is 1. The Labute approximate surface area is 100 Å². The zero-order chi connectivity index (χ0) is 11.8. The Kier molecular flexibility index (Phi) is 2.22. The third-order valence-electron chi connectivity index (χ3n) is 3.11. The van der Waals surface area contributed by atoms with Gasteiger partial charge in [-0.2, -0.15) is 0 Å². The number of carbonyl (C=O) groups is 1. The maximum atomic E-state index is 12.0. The van der Waals surface area contributed by atoms with Crippen molar-refractivity contribution in [3.8, 4) is 0 Å². The molecule has 0 saturated carbocycles. The molecule has 0 N–H and O–H groups in total. The maximum absolute atomic E-state index is 12.0. The van der Waals surface area contributed by atoms with Gasteiger partial charge in [-0.3, -0.25) is 4.79 Å². The van der Waals surface area contributed by atoms with Gasteiger partial charge in [0.15, 0.2) is 0 Å². The summed E-state index contributed by atoms with van der Waals surface area (Å²) in [6, 6.07) is 12.0. The highest BCUT2D eigenvalue weighted by atomic mass is 16.1. The van der Waals surface area contributed by atoms with Crippen molar-refractivity contribution in [3.05, 3.63) is 65.0 Å². The van der Waals surface area contributed by atoms with E-state index in [0.29, 0.717) is 6.54 Å². The van der Waals surface area contributed by atoms with Crippen LogP contribution in [0.4, 0.5) is 0 Å². The Morgan fingerprint density at radius 1 is 1.18 bits per heavy atom. The van der Waals surface area contributed by atoms with E-state index in [0.717, 1.165) is 16.8 Å². The van der Waals surface area contributed by atoms with Crippen LogP contribution in [0.3, 0.4) is 0 Å². The molecule has 1 aromatic heterocycles. The van der Waals surface area contributed by atoms with Crippen LogP contribution in [0.15, 0.2) is 48.2 Å². The maximum Gasteiger partial charge on any atom is 0.207 e. The van der Waals surface area contributed by atoms with Gasteiger partial charge in [0.2, 0.25) is 5.78 Å². The first-order valence-electron chi connectivity index (χ1n) is 5.71. The summed E-state index contributed by atoms with van der Waals surface area (Å²) in [5.74, 6) is 0.149. The Balaban J connectivity index is 1.95. The minimum atomic E-state index is 0.149. The Morgan fingerprint density at radius 3 is 2.65 bits per heavy atom. The van der Waals surface area contributed by atoms with Gasteiger partial charge in [-0.1, -0.05) is 29.8 Å². The number of hydrogen-bond donors (Lipinski definition) is 0. The third kappa shape index (κ3) is 1.72. The van der Waals surface area contributed by atoms with Gasteiger partial charge in [-0.05, 0) is 30.7 Å². The fourth-order valence-corrected chi connectivity index (χ4v) is 2.15. The molecule has 3 rings (SSSR count). The van der Waals surface area contributed by atoms with Gasteiger partial charge in [0, 0.05) is 11.8 Å². The van der Waals surface area contributed by atoms with Crippen molar-refractivity contribution < 1.29 is 4.79 Å². The molecule has 2 heterocycles. The molecule has 0 atom stereocenters. The number of hydrogen-bond acceptors (Lipinski definition) is 1. The normalized spacial score (nSPS) is 16.5. The van der Waals surface area contributed by atoms with Crippen molar-refractivity contribution in [1.82, 2.24) is 4.57 Å². The van der Waals surface area contributed by atoms with Crippen LogP contribution in [0.2, 0.25) is 0 Å². The Bertz CT molecular complexity index is 602. The number of nitrogens with zero attached hydrogens (tertiary/aromatic N) is 1. The number of aromatic nitrogens is 1. The first-order valence-corrected chi connectivity index (χ1v) is 5.71. The molecule has 0 unspecified atom stereocenters. The lowest BCUT2D eigenvalue weighted by atomic mass is 10.1. The summed E-state index contributed by atoms with van der Waals surface area (Å²) in [5, 5.41) is 0. The quantitative estimate of drug-likeness (QED) is 0.681. The molecule has 2 nitrogen and oxygen atoms in total. The predicted molar refractivity (Wildman–Crippen MR) is 67.9 cm³/mol. The molecule has 17 heavy (non-hydrogen) atoms. The lowest BCUT2D eigenvalue weighted by Gasteiger charge is -1.98. The summed E-state index contributed by atoms with van der Waals surface area (Å²) in [4.78, 5) is 12.0. The molecule has 0 amide bonds. The second kappa shape index (κ2) is 3.74. The van der Waals surface area contributed by atoms with Crippen LogP contribution in [0.1, 0.15) is 21.6 Å². The van der Waals surface area contributed by atoms with Gasteiger partial charge in [0.05, 0.1) is 12.2 Å². The molecule has 1 aliphatic heterocycles. The zero-order valence-electron chi connectivity index (χ0n) is 9.68. The summed E-state index contributed by atoms with van der Waals surface area (Å²) in [6.45, 7) is 2.75. The van der Waals surface area contributed by atoms with E-state index in [1.165, 1.54) is 5.56 Å². The lowest BCUT2D eigenvalue weighted by molar-refractivity contribution is 0.103. The fraction of sp³-hybridized carbons (Fsp3) is 0.133. The fourth-order valence-electron chi connectivity index (χ4n) is 2.15. The highest BCUT2D eigenvalue weighted by molar-refractivity contribution is 6.12. The summed E-state index contributed by atoms with van der Waals surface area (Å²) >= 11 is 0. The number of benzene rings is 1. The first kappa shape index (κ1) is 10.1. The van der Waals surface area contributed by atoms with Crippen LogP contribution in [-0.4, -0.2) is 10.4 Å². The standard InChI is InChI=1S/C15H13NO/c1-11-4-6-12(7-5-11)9-13-10-16-8-2-3-14(16)15(13)17/h2-9H,10H2,1H3. The van der Waals surface area contributed by atoms with E-state index < -0.39 is 0 Å². The number of aryl methyl sites for hydroxylation is 1. The average molecular weight is 223 g/mol. The van der Waals surface area contributed by atoms with Crippen LogP contribution in [0, 0.1) is 6.92 Å². The molecular weight excluding hydrogens is 210 g/mol. The number of ketones is 1. The largest absolute Gasteiger partial charge is 0.340 e. The van der Waals surface area contributed by atoms with E-state index in [1.807, 2.05) is 41.1 Å². The highest BCUT2D eigenvalue weighted by Gasteiger charge is 2.23. The van der Waals surface area contributed by atoms with E-state index in [-0.39, 0.29) is 5.78 Å². The number of rotatable bonds is 1. The molecule has 2 heteroatoms. The van der Waals surface area contributed by atoms with Crippen molar-refractivity contribution >= 4 is 11.9 Å². The van der Waals surface area contributed by atoms with Crippen LogP contribution in [-0.2, 0) is 6.54 Å². The van der Waals surface area contributed by atoms with E-state index in [4.69, 9.17) is 0 Å². The molecule has 0 fully saturated rings. The molecule has 2 aromatic rings. The van der Waals surface area contributed by atoms with Crippen molar-refractivity contribution in [2.75, 3.05) is 0 Å². The average Bonchev–Trinajstić information content (AvgIpc) is 2.87.